The molecule has 0 radical (unpaired) electrons. The van der Waals surface area contributed by atoms with Crippen LogP contribution in [0.3, 0.4) is 0 Å². The number of halogens is 1. The minimum atomic E-state index is -0.326. The van der Waals surface area contributed by atoms with E-state index >= 15 is 0 Å². The highest BCUT2D eigenvalue weighted by Gasteiger charge is 2.02. The van der Waals surface area contributed by atoms with E-state index in [2.05, 4.69) is 10.3 Å². The summed E-state index contributed by atoms with van der Waals surface area (Å²) in [5.74, 6) is 0.189. The molecule has 26 heavy (non-hydrogen) atoms. The van der Waals surface area contributed by atoms with Crippen LogP contribution in [0.1, 0.15) is 12.0 Å². The number of amides is 1. The van der Waals surface area contributed by atoms with Crippen LogP contribution in [0.4, 0.5) is 4.39 Å². The van der Waals surface area contributed by atoms with Crippen LogP contribution in [-0.2, 0) is 4.79 Å². The van der Waals surface area contributed by atoms with Gasteiger partial charge in [-0.05, 0) is 42.3 Å². The fourth-order valence-electron chi connectivity index (χ4n) is 2.50. The van der Waals surface area contributed by atoms with Crippen LogP contribution in [0.5, 0.6) is 5.75 Å². The van der Waals surface area contributed by atoms with E-state index in [1.165, 1.54) is 18.2 Å². The highest BCUT2D eigenvalue weighted by atomic mass is 19.1. The summed E-state index contributed by atoms with van der Waals surface area (Å²) in [5.41, 5.74) is 1.48. The fourth-order valence-corrected chi connectivity index (χ4v) is 2.50. The van der Waals surface area contributed by atoms with Gasteiger partial charge in [-0.25, -0.2) is 4.39 Å². The van der Waals surface area contributed by atoms with Gasteiger partial charge in [0.1, 0.15) is 17.1 Å². The number of hydrogen-bond donors (Lipinski definition) is 1. The molecule has 1 N–H and O–H groups in total. The van der Waals surface area contributed by atoms with Gasteiger partial charge in [-0.15, -0.1) is 0 Å². The molecule has 0 bridgehead atoms. The van der Waals surface area contributed by atoms with Crippen molar-refractivity contribution < 1.29 is 13.9 Å². The Hall–Kier alpha value is -3.21. The molecule has 132 valence electrons. The maximum atomic E-state index is 13.1. The molecule has 0 spiro atoms. The van der Waals surface area contributed by atoms with E-state index in [-0.39, 0.29) is 11.7 Å². The molecule has 3 rings (SSSR count). The lowest BCUT2D eigenvalue weighted by molar-refractivity contribution is -0.116. The number of carbonyl (C=O) groups excluding carboxylic acids is 1. The van der Waals surface area contributed by atoms with Gasteiger partial charge in [0, 0.05) is 24.2 Å². The monoisotopic (exact) mass is 350 g/mol. The highest BCUT2D eigenvalue weighted by molar-refractivity contribution is 5.91. The summed E-state index contributed by atoms with van der Waals surface area (Å²) in [6.45, 7) is 0.966. The summed E-state index contributed by atoms with van der Waals surface area (Å²) in [4.78, 5) is 16.1. The third-order valence-electron chi connectivity index (χ3n) is 3.75. The van der Waals surface area contributed by atoms with Gasteiger partial charge in [0.2, 0.25) is 5.91 Å². The van der Waals surface area contributed by atoms with Crippen molar-refractivity contribution >= 4 is 22.9 Å². The summed E-state index contributed by atoms with van der Waals surface area (Å²) in [6.07, 6.45) is 5.38. The van der Waals surface area contributed by atoms with E-state index in [0.29, 0.717) is 25.1 Å². The van der Waals surface area contributed by atoms with Gasteiger partial charge >= 0.3 is 0 Å². The number of para-hydroxylation sites is 1. The van der Waals surface area contributed by atoms with E-state index in [1.54, 1.807) is 24.4 Å². The Bertz CT molecular complexity index is 919. The third kappa shape index (κ3) is 4.89. The first-order valence-electron chi connectivity index (χ1n) is 8.40. The molecule has 0 aliphatic carbocycles. The molecule has 3 aromatic rings. The Morgan fingerprint density at radius 2 is 2.00 bits per heavy atom. The lowest BCUT2D eigenvalue weighted by atomic mass is 10.2. The van der Waals surface area contributed by atoms with E-state index in [1.807, 2.05) is 30.3 Å². The maximum Gasteiger partial charge on any atom is 0.244 e. The minimum absolute atomic E-state index is 0.221. The highest BCUT2D eigenvalue weighted by Crippen LogP contribution is 2.22. The van der Waals surface area contributed by atoms with Crippen molar-refractivity contribution in [1.82, 2.24) is 10.3 Å². The molecule has 4 nitrogen and oxygen atoms in total. The quantitative estimate of drug-likeness (QED) is 0.518. The predicted molar refractivity (Wildman–Crippen MR) is 100 cm³/mol. The number of fused-ring (bicyclic) bond motifs is 1. The first-order valence-corrected chi connectivity index (χ1v) is 8.40. The van der Waals surface area contributed by atoms with Gasteiger partial charge in [0.25, 0.3) is 0 Å². The zero-order valence-electron chi connectivity index (χ0n) is 14.2. The summed E-state index contributed by atoms with van der Waals surface area (Å²) in [7, 11) is 0. The molecule has 0 aliphatic heterocycles. The van der Waals surface area contributed by atoms with Crippen molar-refractivity contribution in [2.75, 3.05) is 13.2 Å². The van der Waals surface area contributed by atoms with E-state index in [4.69, 9.17) is 4.74 Å². The number of nitrogens with one attached hydrogen (secondary N) is 1. The molecule has 5 heteroatoms. The van der Waals surface area contributed by atoms with E-state index < -0.39 is 0 Å². The number of ether oxygens (including phenoxy) is 1. The van der Waals surface area contributed by atoms with Crippen molar-refractivity contribution in [3.8, 4) is 5.75 Å². The number of carbonyl (C=O) groups is 1. The molecule has 0 unspecified atom stereocenters. The molecule has 1 amide bonds. The van der Waals surface area contributed by atoms with Crippen LogP contribution in [0.25, 0.3) is 17.0 Å². The number of benzene rings is 2. The standard InChI is InChI=1S/C21H19FN2O2/c22-18-8-1-5-16(15-18)10-11-20(25)23-13-4-14-26-19-9-2-6-17-7-3-12-24-21(17)19/h1-3,5-12,15H,4,13-14H2,(H,23,25)/b11-10+. The third-order valence-corrected chi connectivity index (χ3v) is 3.75. The minimum Gasteiger partial charge on any atom is -0.491 e. The second-order valence-corrected chi connectivity index (χ2v) is 5.71. The summed E-state index contributed by atoms with van der Waals surface area (Å²) in [5, 5.41) is 3.80. The molecule has 0 aliphatic rings. The molecule has 1 aromatic heterocycles. The Kier molecular flexibility index (Phi) is 5.93. The van der Waals surface area contributed by atoms with Crippen molar-refractivity contribution in [3.05, 3.63) is 78.3 Å². The van der Waals surface area contributed by atoms with Gasteiger partial charge in [0.15, 0.2) is 0 Å². The average molecular weight is 350 g/mol. The SMILES string of the molecule is O=C(/C=C/c1cccc(F)c1)NCCCOc1cccc2cccnc12. The molecule has 2 aromatic carbocycles. The van der Waals surface area contributed by atoms with Crippen molar-refractivity contribution in [3.63, 3.8) is 0 Å². The van der Waals surface area contributed by atoms with Gasteiger partial charge in [-0.3, -0.25) is 9.78 Å². The van der Waals surface area contributed by atoms with E-state index in [9.17, 15) is 9.18 Å². The second kappa shape index (κ2) is 8.76. The first-order chi connectivity index (χ1) is 12.7. The van der Waals surface area contributed by atoms with Gasteiger partial charge in [0.05, 0.1) is 6.61 Å². The normalized spacial score (nSPS) is 11.0. The Morgan fingerprint density at radius 3 is 2.88 bits per heavy atom. The van der Waals surface area contributed by atoms with Crippen LogP contribution in [-0.4, -0.2) is 24.0 Å². The molecular formula is C21H19FN2O2. The number of pyridine rings is 1. The molecule has 0 saturated heterocycles. The first kappa shape index (κ1) is 17.6. The number of rotatable bonds is 7. The second-order valence-electron chi connectivity index (χ2n) is 5.71. The van der Waals surface area contributed by atoms with Crippen LogP contribution in [0.2, 0.25) is 0 Å². The molecular weight excluding hydrogens is 331 g/mol. The largest absolute Gasteiger partial charge is 0.491 e. The predicted octanol–water partition coefficient (Wildman–Crippen LogP) is 3.97. The summed E-state index contributed by atoms with van der Waals surface area (Å²) < 4.78 is 18.8. The fraction of sp³-hybridized carbons (Fsp3) is 0.143. The maximum absolute atomic E-state index is 13.1. The zero-order valence-corrected chi connectivity index (χ0v) is 14.2. The van der Waals surface area contributed by atoms with Crippen LogP contribution in [0, 0.1) is 5.82 Å². The Labute approximate surface area is 151 Å². The van der Waals surface area contributed by atoms with E-state index in [0.717, 1.165) is 16.7 Å². The number of hydrogen-bond acceptors (Lipinski definition) is 3. The van der Waals surface area contributed by atoms with Crippen molar-refractivity contribution in [2.45, 2.75) is 6.42 Å². The van der Waals surface area contributed by atoms with Gasteiger partial charge < -0.3 is 10.1 Å². The van der Waals surface area contributed by atoms with Gasteiger partial charge in [-0.2, -0.15) is 0 Å². The van der Waals surface area contributed by atoms with Crippen molar-refractivity contribution in [1.29, 1.82) is 0 Å². The molecule has 0 fully saturated rings. The lowest BCUT2D eigenvalue weighted by Gasteiger charge is -2.08. The number of nitrogens with zero attached hydrogens (tertiary/aromatic N) is 1. The lowest BCUT2D eigenvalue weighted by Crippen LogP contribution is -2.23. The molecule has 0 atom stereocenters. The topological polar surface area (TPSA) is 51.2 Å². The summed E-state index contributed by atoms with van der Waals surface area (Å²) in [6, 6.07) is 15.7. The van der Waals surface area contributed by atoms with Crippen molar-refractivity contribution in [2.24, 2.45) is 0 Å². The van der Waals surface area contributed by atoms with Gasteiger partial charge in [-0.1, -0.05) is 30.3 Å². The summed E-state index contributed by atoms with van der Waals surface area (Å²) >= 11 is 0. The Balaban J connectivity index is 1.42. The number of aromatic nitrogens is 1. The van der Waals surface area contributed by atoms with Crippen LogP contribution < -0.4 is 10.1 Å². The molecule has 1 heterocycles. The smallest absolute Gasteiger partial charge is 0.244 e. The van der Waals surface area contributed by atoms with Crippen LogP contribution in [0.15, 0.2) is 66.9 Å². The average Bonchev–Trinajstić information content (AvgIpc) is 2.66. The molecule has 0 saturated carbocycles. The zero-order chi connectivity index (χ0) is 18.2. The van der Waals surface area contributed by atoms with Crippen LogP contribution >= 0.6 is 0 Å². The Morgan fingerprint density at radius 1 is 1.15 bits per heavy atom.